The quantitative estimate of drug-likeness (QED) is 0.620. The van der Waals surface area contributed by atoms with Crippen molar-refractivity contribution in [2.75, 3.05) is 6.54 Å². The number of rotatable bonds is 5. The lowest BCUT2D eigenvalue weighted by Crippen LogP contribution is -2.46. The van der Waals surface area contributed by atoms with Crippen molar-refractivity contribution in [3.8, 4) is 0 Å². The van der Waals surface area contributed by atoms with Gasteiger partial charge in [0.2, 0.25) is 0 Å². The third-order valence-electron chi connectivity index (χ3n) is 3.88. The van der Waals surface area contributed by atoms with Gasteiger partial charge in [0.1, 0.15) is 0 Å². The van der Waals surface area contributed by atoms with Crippen molar-refractivity contribution in [1.29, 1.82) is 0 Å². The zero-order chi connectivity index (χ0) is 16.9. The Morgan fingerprint density at radius 3 is 2.57 bits per heavy atom. The second kappa shape index (κ2) is 7.76. The molecule has 0 saturated heterocycles. The van der Waals surface area contributed by atoms with Gasteiger partial charge < -0.3 is 16.2 Å². The summed E-state index contributed by atoms with van der Waals surface area (Å²) < 4.78 is 26.3. The largest absolute Gasteiger partial charge is 0.393 e. The molecule has 7 nitrogen and oxygen atoms in total. The van der Waals surface area contributed by atoms with E-state index >= 15 is 0 Å². The van der Waals surface area contributed by atoms with Crippen molar-refractivity contribution < 1.29 is 18.3 Å². The molecule has 2 atom stereocenters. The van der Waals surface area contributed by atoms with Crippen molar-refractivity contribution >= 4 is 16.1 Å². The molecule has 0 aromatic heterocycles. The Labute approximate surface area is 136 Å². The van der Waals surface area contributed by atoms with Gasteiger partial charge in [0.15, 0.2) is 0 Å². The highest BCUT2D eigenvalue weighted by Crippen LogP contribution is 2.18. The van der Waals surface area contributed by atoms with Crippen LogP contribution in [0.1, 0.15) is 31.2 Å². The van der Waals surface area contributed by atoms with Gasteiger partial charge in [-0.2, -0.15) is 0 Å². The first kappa shape index (κ1) is 17.7. The van der Waals surface area contributed by atoms with Gasteiger partial charge in [-0.25, -0.2) is 17.9 Å². The van der Waals surface area contributed by atoms with Crippen LogP contribution < -0.4 is 15.8 Å². The van der Waals surface area contributed by atoms with Crippen LogP contribution in [-0.2, 0) is 16.4 Å². The number of aliphatic hydroxyl groups is 1. The van der Waals surface area contributed by atoms with Crippen LogP contribution in [0.15, 0.2) is 29.2 Å². The maximum atomic E-state index is 12.2. The number of sulfonamides is 1. The van der Waals surface area contributed by atoms with Crippen LogP contribution in [0.4, 0.5) is 4.79 Å². The summed E-state index contributed by atoms with van der Waals surface area (Å²) in [7, 11) is -3.91. The molecular weight excluding hydrogens is 318 g/mol. The summed E-state index contributed by atoms with van der Waals surface area (Å²) in [5.74, 6) is 0. The first-order chi connectivity index (χ1) is 10.9. The molecule has 0 bridgehead atoms. The molecule has 8 heteroatoms. The van der Waals surface area contributed by atoms with Gasteiger partial charge in [-0.3, -0.25) is 0 Å². The van der Waals surface area contributed by atoms with Crippen molar-refractivity contribution in [3.05, 3.63) is 29.8 Å². The molecule has 1 aliphatic carbocycles. The fourth-order valence-electron chi connectivity index (χ4n) is 2.69. The summed E-state index contributed by atoms with van der Waals surface area (Å²) >= 11 is 0. The lowest BCUT2D eigenvalue weighted by Gasteiger charge is -2.26. The van der Waals surface area contributed by atoms with Gasteiger partial charge in [0.25, 0.3) is 10.0 Å². The Kier molecular flexibility index (Phi) is 5.97. The predicted molar refractivity (Wildman–Crippen MR) is 86.3 cm³/mol. The number of urea groups is 1. The van der Waals surface area contributed by atoms with E-state index in [4.69, 9.17) is 5.73 Å². The molecule has 128 valence electrons. The molecule has 2 unspecified atom stereocenters. The minimum absolute atomic E-state index is 0.0251. The molecule has 1 fully saturated rings. The van der Waals surface area contributed by atoms with Crippen molar-refractivity contribution in [2.24, 2.45) is 5.73 Å². The average molecular weight is 341 g/mol. The normalized spacial score (nSPS) is 21.7. The van der Waals surface area contributed by atoms with Crippen molar-refractivity contribution in [3.63, 3.8) is 0 Å². The number of nitrogens with one attached hydrogen (secondary N) is 2. The van der Waals surface area contributed by atoms with E-state index in [1.54, 1.807) is 12.1 Å². The van der Waals surface area contributed by atoms with Gasteiger partial charge in [-0.1, -0.05) is 12.1 Å². The highest BCUT2D eigenvalue weighted by molar-refractivity contribution is 7.90. The topological polar surface area (TPSA) is 122 Å². The van der Waals surface area contributed by atoms with Gasteiger partial charge in [-0.05, 0) is 56.3 Å². The fraction of sp³-hybridized carbons (Fsp3) is 0.533. The lowest BCUT2D eigenvalue weighted by atomic mass is 9.93. The minimum Gasteiger partial charge on any atom is -0.393 e. The van der Waals surface area contributed by atoms with E-state index in [0.29, 0.717) is 25.8 Å². The molecule has 0 aliphatic heterocycles. The molecule has 0 radical (unpaired) electrons. The van der Waals surface area contributed by atoms with Crippen LogP contribution in [0.5, 0.6) is 0 Å². The molecule has 2 rings (SSSR count). The summed E-state index contributed by atoms with van der Waals surface area (Å²) in [6.07, 6.45) is 2.92. The van der Waals surface area contributed by atoms with Gasteiger partial charge in [0, 0.05) is 6.04 Å². The first-order valence-electron chi connectivity index (χ1n) is 7.71. The zero-order valence-corrected chi connectivity index (χ0v) is 13.7. The Hall–Kier alpha value is -1.64. The SMILES string of the molecule is NCCc1ccc(S(=O)(=O)NC(=O)NC2CCCC(O)C2)cc1. The molecule has 23 heavy (non-hydrogen) atoms. The highest BCUT2D eigenvalue weighted by atomic mass is 32.2. The molecule has 5 N–H and O–H groups in total. The number of carbonyl (C=O) groups is 1. The van der Waals surface area contributed by atoms with E-state index in [2.05, 4.69) is 5.32 Å². The second-order valence-corrected chi connectivity index (χ2v) is 7.46. The molecule has 1 saturated carbocycles. The predicted octanol–water partition coefficient (Wildman–Crippen LogP) is 0.479. The van der Waals surface area contributed by atoms with E-state index in [0.717, 1.165) is 18.4 Å². The maximum absolute atomic E-state index is 12.2. The number of amides is 2. The first-order valence-corrected chi connectivity index (χ1v) is 9.19. The van der Waals surface area contributed by atoms with E-state index in [-0.39, 0.29) is 10.9 Å². The third kappa shape index (κ3) is 5.19. The number of aliphatic hydroxyl groups excluding tert-OH is 1. The Morgan fingerprint density at radius 1 is 1.26 bits per heavy atom. The van der Waals surface area contributed by atoms with Crippen molar-refractivity contribution in [2.45, 2.75) is 49.1 Å². The number of nitrogens with two attached hydrogens (primary N) is 1. The Morgan fingerprint density at radius 2 is 1.96 bits per heavy atom. The van der Waals surface area contributed by atoms with Crippen LogP contribution in [0.25, 0.3) is 0 Å². The number of hydrogen-bond acceptors (Lipinski definition) is 5. The average Bonchev–Trinajstić information content (AvgIpc) is 2.47. The monoisotopic (exact) mass is 341 g/mol. The van der Waals surface area contributed by atoms with Crippen LogP contribution in [0, 0.1) is 0 Å². The summed E-state index contributed by atoms with van der Waals surface area (Å²) in [4.78, 5) is 11.9. The molecule has 1 aromatic rings. The second-order valence-electron chi connectivity index (χ2n) is 5.78. The number of benzene rings is 1. The van der Waals surface area contributed by atoms with E-state index < -0.39 is 22.2 Å². The maximum Gasteiger partial charge on any atom is 0.328 e. The van der Waals surface area contributed by atoms with Gasteiger partial charge in [0.05, 0.1) is 11.0 Å². The molecule has 0 spiro atoms. The molecular formula is C15H23N3O4S. The number of carbonyl (C=O) groups excluding carboxylic acids is 1. The van der Waals surface area contributed by atoms with Crippen LogP contribution in [0.2, 0.25) is 0 Å². The summed E-state index contributed by atoms with van der Waals surface area (Å²) in [5.41, 5.74) is 6.38. The summed E-state index contributed by atoms with van der Waals surface area (Å²) in [5, 5.41) is 12.2. The van der Waals surface area contributed by atoms with Crippen LogP contribution in [0.3, 0.4) is 0 Å². The third-order valence-corrected chi connectivity index (χ3v) is 5.22. The van der Waals surface area contributed by atoms with Gasteiger partial charge in [-0.15, -0.1) is 0 Å². The molecule has 1 aliphatic rings. The number of hydrogen-bond donors (Lipinski definition) is 4. The summed E-state index contributed by atoms with van der Waals surface area (Å²) in [6.45, 7) is 0.486. The van der Waals surface area contributed by atoms with Gasteiger partial charge >= 0.3 is 6.03 Å². The standard InChI is InChI=1S/C15H23N3O4S/c16-9-8-11-4-6-14(7-5-11)23(21,22)18-15(20)17-12-2-1-3-13(19)10-12/h4-7,12-13,19H,1-3,8-10,16H2,(H2,17,18,20). The van der Waals surface area contributed by atoms with Crippen LogP contribution in [-0.4, -0.2) is 38.2 Å². The lowest BCUT2D eigenvalue weighted by molar-refractivity contribution is 0.114. The zero-order valence-electron chi connectivity index (χ0n) is 12.9. The molecule has 2 amide bonds. The molecule has 0 heterocycles. The smallest absolute Gasteiger partial charge is 0.328 e. The fourth-order valence-corrected chi connectivity index (χ4v) is 3.61. The van der Waals surface area contributed by atoms with E-state index in [1.165, 1.54) is 12.1 Å². The van der Waals surface area contributed by atoms with Crippen LogP contribution >= 0.6 is 0 Å². The van der Waals surface area contributed by atoms with E-state index in [1.807, 2.05) is 4.72 Å². The van der Waals surface area contributed by atoms with E-state index in [9.17, 15) is 18.3 Å². The highest BCUT2D eigenvalue weighted by Gasteiger charge is 2.24. The minimum atomic E-state index is -3.91. The summed E-state index contributed by atoms with van der Waals surface area (Å²) in [6, 6.07) is 5.28. The van der Waals surface area contributed by atoms with Crippen molar-refractivity contribution in [1.82, 2.24) is 10.0 Å². The molecule has 1 aromatic carbocycles. The Balaban J connectivity index is 1.95. The Bertz CT molecular complexity index is 631.